The van der Waals surface area contributed by atoms with E-state index >= 15 is 0 Å². The van der Waals surface area contributed by atoms with Gasteiger partial charge in [0.2, 0.25) is 5.91 Å². The summed E-state index contributed by atoms with van der Waals surface area (Å²) in [6, 6.07) is 3.38. The zero-order valence-electron chi connectivity index (χ0n) is 17.0. The zero-order valence-corrected chi connectivity index (χ0v) is 19.4. The summed E-state index contributed by atoms with van der Waals surface area (Å²) >= 11 is 9.07. The van der Waals surface area contributed by atoms with E-state index in [-0.39, 0.29) is 11.7 Å². The fourth-order valence-electron chi connectivity index (χ4n) is 3.64. The van der Waals surface area contributed by atoms with E-state index in [9.17, 15) is 4.79 Å². The Hall–Kier alpha value is -1.90. The van der Waals surface area contributed by atoms with Crippen LogP contribution in [0.4, 0.5) is 5.82 Å². The van der Waals surface area contributed by atoms with Crippen molar-refractivity contribution < 1.29 is 4.79 Å². The van der Waals surface area contributed by atoms with Crippen LogP contribution in [0.25, 0.3) is 11.4 Å². The van der Waals surface area contributed by atoms with Crippen LogP contribution in [0, 0.1) is 5.92 Å². The molecule has 3 aromatic rings. The number of nitrogens with zero attached hydrogens (tertiary/aromatic N) is 4. The number of fused-ring (bicyclic) bond motifs is 1. The molecule has 0 saturated carbocycles. The highest BCUT2D eigenvalue weighted by Crippen LogP contribution is 2.38. The number of thiophene rings is 1. The fourth-order valence-corrected chi connectivity index (χ4v) is 5.76. The Morgan fingerprint density at radius 1 is 1.40 bits per heavy atom. The molecule has 0 saturated heterocycles. The van der Waals surface area contributed by atoms with Gasteiger partial charge in [-0.2, -0.15) is 0 Å². The maximum Gasteiger partial charge on any atom is 0.236 e. The van der Waals surface area contributed by atoms with Crippen molar-refractivity contribution in [2.24, 2.45) is 5.92 Å². The molecule has 0 radical (unpaired) electrons. The molecule has 1 unspecified atom stereocenters. The number of pyridine rings is 1. The molecular formula is C21H24ClN5OS2. The van der Waals surface area contributed by atoms with Crippen molar-refractivity contribution in [3.63, 3.8) is 0 Å². The molecule has 1 aliphatic rings. The first-order valence-electron chi connectivity index (χ1n) is 10.1. The Bertz CT molecular complexity index is 1030. The lowest BCUT2D eigenvalue weighted by Gasteiger charge is -2.19. The summed E-state index contributed by atoms with van der Waals surface area (Å²) in [7, 11) is 0. The number of carbonyl (C=O) groups excluding carboxylic acids is 1. The van der Waals surface area contributed by atoms with E-state index in [1.54, 1.807) is 12.1 Å². The third-order valence-electron chi connectivity index (χ3n) is 5.13. The van der Waals surface area contributed by atoms with Crippen LogP contribution in [-0.2, 0) is 24.2 Å². The monoisotopic (exact) mass is 461 g/mol. The van der Waals surface area contributed by atoms with Crippen molar-refractivity contribution in [2.45, 2.75) is 51.2 Å². The van der Waals surface area contributed by atoms with E-state index < -0.39 is 0 Å². The molecule has 30 heavy (non-hydrogen) atoms. The molecule has 1 aliphatic carbocycles. The lowest BCUT2D eigenvalue weighted by molar-refractivity contribution is -0.113. The van der Waals surface area contributed by atoms with Gasteiger partial charge in [-0.05, 0) is 49.3 Å². The molecule has 1 amide bonds. The second-order valence-corrected chi connectivity index (χ2v) is 9.90. The van der Waals surface area contributed by atoms with Crippen LogP contribution >= 0.6 is 34.7 Å². The number of hydrogen-bond acceptors (Lipinski definition) is 6. The minimum absolute atomic E-state index is 0.135. The van der Waals surface area contributed by atoms with Gasteiger partial charge in [0, 0.05) is 28.6 Å². The Labute approximate surface area is 189 Å². The highest BCUT2D eigenvalue weighted by molar-refractivity contribution is 7.99. The third kappa shape index (κ3) is 4.71. The van der Waals surface area contributed by atoms with E-state index in [4.69, 9.17) is 11.6 Å². The van der Waals surface area contributed by atoms with Crippen molar-refractivity contribution in [2.75, 3.05) is 11.1 Å². The number of aromatic nitrogens is 4. The molecule has 0 bridgehead atoms. The summed E-state index contributed by atoms with van der Waals surface area (Å²) in [5.41, 5.74) is 2.65. The van der Waals surface area contributed by atoms with E-state index in [0.717, 1.165) is 42.7 Å². The Morgan fingerprint density at radius 3 is 3.03 bits per heavy atom. The molecular weight excluding hydrogens is 438 g/mol. The average Bonchev–Trinajstić information content (AvgIpc) is 3.32. The minimum atomic E-state index is -0.135. The first-order chi connectivity index (χ1) is 14.5. The molecule has 4 rings (SSSR count). The van der Waals surface area contributed by atoms with Gasteiger partial charge in [0.05, 0.1) is 10.8 Å². The molecule has 1 atom stereocenters. The summed E-state index contributed by atoms with van der Waals surface area (Å²) in [6.07, 6.45) is 5.97. The van der Waals surface area contributed by atoms with Crippen LogP contribution in [0.15, 0.2) is 28.9 Å². The predicted octanol–water partition coefficient (Wildman–Crippen LogP) is 5.32. The highest BCUT2D eigenvalue weighted by atomic mass is 35.5. The van der Waals surface area contributed by atoms with Gasteiger partial charge in [-0.15, -0.1) is 21.5 Å². The Kier molecular flexibility index (Phi) is 6.75. The highest BCUT2D eigenvalue weighted by Gasteiger charge is 2.24. The molecule has 0 spiro atoms. The zero-order chi connectivity index (χ0) is 21.1. The molecule has 3 heterocycles. The van der Waals surface area contributed by atoms with Crippen molar-refractivity contribution in [1.29, 1.82) is 0 Å². The van der Waals surface area contributed by atoms with Crippen molar-refractivity contribution in [1.82, 2.24) is 19.7 Å². The van der Waals surface area contributed by atoms with Crippen molar-refractivity contribution in [3.8, 4) is 11.4 Å². The van der Waals surface area contributed by atoms with Crippen LogP contribution in [0.5, 0.6) is 0 Å². The summed E-state index contributed by atoms with van der Waals surface area (Å²) in [5, 5.41) is 15.3. The van der Waals surface area contributed by atoms with E-state index in [1.165, 1.54) is 40.4 Å². The van der Waals surface area contributed by atoms with E-state index in [2.05, 4.69) is 44.3 Å². The SMILES string of the molecule is CCCn1c(SCC(=O)Nc2ccc(Cl)cn2)nnc1-c1csc2c1CCC(C)C2. The number of thioether (sulfide) groups is 1. The molecule has 158 valence electrons. The van der Waals surface area contributed by atoms with Crippen molar-refractivity contribution >= 4 is 46.4 Å². The molecule has 0 fully saturated rings. The molecule has 3 aromatic heterocycles. The van der Waals surface area contributed by atoms with Gasteiger partial charge in [-0.25, -0.2) is 4.98 Å². The van der Waals surface area contributed by atoms with Gasteiger partial charge in [-0.3, -0.25) is 4.79 Å². The number of nitrogens with one attached hydrogen (secondary N) is 1. The minimum Gasteiger partial charge on any atom is -0.310 e. The van der Waals surface area contributed by atoms with Gasteiger partial charge in [0.15, 0.2) is 11.0 Å². The summed E-state index contributed by atoms with van der Waals surface area (Å²) in [4.78, 5) is 17.9. The number of carbonyl (C=O) groups is 1. The van der Waals surface area contributed by atoms with E-state index in [0.29, 0.717) is 10.8 Å². The van der Waals surface area contributed by atoms with Gasteiger partial charge in [-0.1, -0.05) is 37.2 Å². The molecule has 0 aromatic carbocycles. The second-order valence-electron chi connectivity index (χ2n) is 7.56. The van der Waals surface area contributed by atoms with Gasteiger partial charge in [0.1, 0.15) is 5.82 Å². The number of rotatable bonds is 7. The van der Waals surface area contributed by atoms with E-state index in [1.807, 2.05) is 11.3 Å². The summed E-state index contributed by atoms with van der Waals surface area (Å²) in [5.74, 6) is 2.26. The average molecular weight is 462 g/mol. The third-order valence-corrected chi connectivity index (χ3v) is 7.38. The molecule has 0 aliphatic heterocycles. The topological polar surface area (TPSA) is 72.7 Å². The maximum atomic E-state index is 12.3. The van der Waals surface area contributed by atoms with Gasteiger partial charge < -0.3 is 9.88 Å². The van der Waals surface area contributed by atoms with Gasteiger partial charge in [0.25, 0.3) is 0 Å². The Balaban J connectivity index is 1.49. The molecule has 6 nitrogen and oxygen atoms in total. The van der Waals surface area contributed by atoms with Crippen LogP contribution in [0.1, 0.15) is 37.1 Å². The fraction of sp³-hybridized carbons (Fsp3) is 0.429. The normalized spacial score (nSPS) is 15.8. The number of hydrogen-bond donors (Lipinski definition) is 1. The van der Waals surface area contributed by atoms with Crippen molar-refractivity contribution in [3.05, 3.63) is 39.2 Å². The lowest BCUT2D eigenvalue weighted by atomic mass is 9.88. The lowest BCUT2D eigenvalue weighted by Crippen LogP contribution is -2.15. The number of halogens is 1. The quantitative estimate of drug-likeness (QED) is 0.482. The number of anilines is 1. The first kappa shape index (κ1) is 21.3. The Morgan fingerprint density at radius 2 is 2.27 bits per heavy atom. The standard InChI is InChI=1S/C21H24ClN5OS2/c1-3-8-27-20(16-11-29-17-9-13(2)4-6-15(16)17)25-26-21(27)30-12-19(28)24-18-7-5-14(22)10-23-18/h5,7,10-11,13H,3-4,6,8-9,12H2,1-2H3,(H,23,24,28). The second kappa shape index (κ2) is 9.49. The number of amides is 1. The maximum absolute atomic E-state index is 12.3. The van der Waals surface area contributed by atoms with Crippen LogP contribution in [0.2, 0.25) is 5.02 Å². The predicted molar refractivity (Wildman–Crippen MR) is 123 cm³/mol. The summed E-state index contributed by atoms with van der Waals surface area (Å²) in [6.45, 7) is 5.29. The van der Waals surface area contributed by atoms with Crippen LogP contribution < -0.4 is 5.32 Å². The van der Waals surface area contributed by atoms with Gasteiger partial charge >= 0.3 is 0 Å². The molecule has 1 N–H and O–H groups in total. The van der Waals surface area contributed by atoms with Crippen LogP contribution in [-0.4, -0.2) is 31.4 Å². The van der Waals surface area contributed by atoms with Crippen LogP contribution in [0.3, 0.4) is 0 Å². The summed E-state index contributed by atoms with van der Waals surface area (Å²) < 4.78 is 2.15. The largest absolute Gasteiger partial charge is 0.310 e. The molecule has 9 heteroatoms. The first-order valence-corrected chi connectivity index (χ1v) is 12.4. The smallest absolute Gasteiger partial charge is 0.236 e.